The van der Waals surface area contributed by atoms with Crippen molar-refractivity contribution in [3.8, 4) is 0 Å². The number of benzene rings is 1. The summed E-state index contributed by atoms with van der Waals surface area (Å²) >= 11 is 0. The van der Waals surface area contributed by atoms with Crippen LogP contribution in [0.1, 0.15) is 143 Å². The second kappa shape index (κ2) is 47.5. The fourth-order valence-corrected chi connectivity index (χ4v) is 11.3. The highest BCUT2D eigenvalue weighted by Gasteiger charge is 2.41. The number of hydrogen-bond acceptors (Lipinski definition) is 23. The molecular weight excluding hydrogens is 1470 g/mol. The number of esters is 1. The molecule has 15 unspecified atom stereocenters. The van der Waals surface area contributed by atoms with Gasteiger partial charge in [0.1, 0.15) is 72.6 Å². The number of H-pyrrole nitrogens is 1. The Morgan fingerprint density at radius 3 is 1.62 bits per heavy atom. The quantitative estimate of drug-likeness (QED) is 0.0225. The van der Waals surface area contributed by atoms with E-state index in [1.165, 1.54) is 13.8 Å². The summed E-state index contributed by atoms with van der Waals surface area (Å²) in [5, 5.41) is 88.7. The SMILES string of the molecule is CCC(C)CCCCCCC(=O)NC(Cc1c[nH]c2ccccc12)C(=O)NC(CC(N)=O)C(=O)NC(CC(=O)O)C(=O)NC1C(=O)NCC(=O)NC(CCCN)C(=O)NC(CC(=O)O)C(=O)NC(CO)C(=O)NC(CC(=O)O)C(=O)NCC(=O)NC(CO)C(=O)NC(C(C)CC(=O)O)C(=O)NC(C(C)CC)C(=O)OC1C. The molecule has 14 amide bonds. The van der Waals surface area contributed by atoms with Gasteiger partial charge < -0.3 is 121 Å². The number of aliphatic hydroxyl groups is 2. The molecule has 1 aromatic carbocycles. The topological polar surface area (TPSA) is 679 Å². The Morgan fingerprint density at radius 1 is 0.541 bits per heavy atom. The number of carboxylic acids is 4. The van der Waals surface area contributed by atoms with E-state index in [-0.39, 0.29) is 32.2 Å². The molecule has 1 aromatic heterocycles. The van der Waals surface area contributed by atoms with Gasteiger partial charge in [0.2, 0.25) is 82.7 Å². The Morgan fingerprint density at radius 2 is 1.05 bits per heavy atom. The van der Waals surface area contributed by atoms with Crippen molar-refractivity contribution in [2.75, 3.05) is 32.8 Å². The normalized spacial score (nSPS) is 22.2. The van der Waals surface area contributed by atoms with Crippen LogP contribution in [0.15, 0.2) is 30.5 Å². The van der Waals surface area contributed by atoms with Crippen LogP contribution in [-0.4, -0.2) is 254 Å². The predicted molar refractivity (Wildman–Crippen MR) is 386 cm³/mol. The number of carbonyl (C=O) groups is 19. The second-order valence-electron chi connectivity index (χ2n) is 27.0. The molecule has 0 saturated carbocycles. The number of fused-ring (bicyclic) bond motifs is 1. The van der Waals surface area contributed by atoms with Gasteiger partial charge in [0.25, 0.3) is 0 Å². The van der Waals surface area contributed by atoms with E-state index >= 15 is 0 Å². The maximum Gasteiger partial charge on any atom is 0.329 e. The number of carboxylic acid groups (broad SMARTS) is 4. The van der Waals surface area contributed by atoms with Crippen molar-refractivity contribution in [3.63, 3.8) is 0 Å². The largest absolute Gasteiger partial charge is 0.481 e. The van der Waals surface area contributed by atoms with Crippen molar-refractivity contribution in [1.82, 2.24) is 74.1 Å². The van der Waals surface area contributed by atoms with E-state index in [2.05, 4.69) is 66.7 Å². The summed E-state index contributed by atoms with van der Waals surface area (Å²) in [5.41, 5.74) is 12.5. The highest BCUT2D eigenvalue weighted by molar-refractivity contribution is 6.02. The summed E-state index contributed by atoms with van der Waals surface area (Å²) in [5.74, 6) is -28.6. The average molecular weight is 1570 g/mol. The zero-order valence-electron chi connectivity index (χ0n) is 62.4. The third-order valence-electron chi connectivity index (χ3n) is 18.0. The standard InChI is InChI=1S/C69H104N16O26/c1-7-33(3)16-11-9-10-12-20-49(89)76-41(23-37-28-72-39-18-14-13-17-38(37)39)61(102)78-42(24-48(71)88)62(103)81-45(27-55(98)99)64(105)85-58-36(6)111-69(110)57(34(4)8-2)84-68(109)56(35(5)22-52(92)93)83-66(107)46(31-86)77-51(91)29-73-59(100)43(25-53(94)95)79-65(106)47(32-87)82-63(104)44(26-54(96)97)80-60(101)40(19-15-21-70)75-50(90)30-74-67(58)108/h13-14,17-18,28,33-36,40-47,56-58,72,86-87H,7-12,15-16,19-27,29-32,70H2,1-6H3,(H2,71,88)(H,73,100)(H,74,108)(H,75,90)(H,76,89)(H,77,91)(H,78,102)(H,79,106)(H,80,101)(H,81,103)(H,82,104)(H,83,107)(H,84,109)(H,85,105)(H,92,93)(H,94,95)(H,96,97)(H,98,99). The van der Waals surface area contributed by atoms with E-state index in [9.17, 15) is 122 Å². The zero-order chi connectivity index (χ0) is 83.4. The van der Waals surface area contributed by atoms with Crippen LogP contribution in [-0.2, 0) is 102 Å². The molecule has 111 heavy (non-hydrogen) atoms. The van der Waals surface area contributed by atoms with E-state index in [1.807, 2.05) is 21.3 Å². The second-order valence-corrected chi connectivity index (χ2v) is 27.0. The molecule has 1 saturated heterocycles. The Kier molecular flexibility index (Phi) is 40.1. The summed E-state index contributed by atoms with van der Waals surface area (Å²) in [6.45, 7) is 4.10. The van der Waals surface area contributed by atoms with E-state index in [4.69, 9.17) is 16.2 Å². The van der Waals surface area contributed by atoms with Crippen molar-refractivity contribution >= 4 is 123 Å². The molecule has 0 bridgehead atoms. The molecule has 2 aromatic rings. The Labute approximate surface area is 636 Å². The van der Waals surface area contributed by atoms with Crippen LogP contribution in [0.2, 0.25) is 0 Å². The number of carbonyl (C=O) groups excluding carboxylic acids is 15. The van der Waals surface area contributed by atoms with E-state index < -0.39 is 262 Å². The summed E-state index contributed by atoms with van der Waals surface area (Å²) in [6, 6.07) is -15.3. The lowest BCUT2D eigenvalue weighted by Gasteiger charge is -2.31. The first kappa shape index (κ1) is 93.8. The van der Waals surface area contributed by atoms with Crippen LogP contribution in [0.3, 0.4) is 0 Å². The molecule has 616 valence electrons. The first-order chi connectivity index (χ1) is 52.4. The number of hydrogen-bond donors (Lipinski definition) is 22. The molecule has 1 aliphatic heterocycles. The molecule has 42 heteroatoms. The maximum atomic E-state index is 14.7. The fraction of sp³-hybridized carbons (Fsp3) is 0.609. The lowest BCUT2D eigenvalue weighted by atomic mass is 9.94. The van der Waals surface area contributed by atoms with Crippen LogP contribution in [0.5, 0.6) is 0 Å². The number of rotatable bonds is 35. The molecule has 0 spiro atoms. The fourth-order valence-electron chi connectivity index (χ4n) is 11.3. The Hall–Kier alpha value is -11.4. The van der Waals surface area contributed by atoms with Gasteiger partial charge in [0.15, 0.2) is 0 Å². The number of nitrogens with two attached hydrogens (primary N) is 2. The summed E-state index contributed by atoms with van der Waals surface area (Å²) < 4.78 is 5.72. The number of ether oxygens (including phenoxy) is 1. The van der Waals surface area contributed by atoms with E-state index in [1.54, 1.807) is 30.5 Å². The van der Waals surface area contributed by atoms with Gasteiger partial charge in [-0.15, -0.1) is 0 Å². The average Bonchev–Trinajstić information content (AvgIpc) is 1.75. The number of aliphatic carboxylic acids is 4. The number of aromatic nitrogens is 1. The van der Waals surface area contributed by atoms with Crippen molar-refractivity contribution in [2.24, 2.45) is 29.2 Å². The lowest BCUT2D eigenvalue weighted by molar-refractivity contribution is -0.158. The molecule has 1 aliphatic rings. The number of aromatic amines is 1. The zero-order valence-corrected chi connectivity index (χ0v) is 62.4. The lowest BCUT2D eigenvalue weighted by Crippen LogP contribution is -2.62. The molecule has 42 nitrogen and oxygen atoms in total. The summed E-state index contributed by atoms with van der Waals surface area (Å²) in [7, 11) is 0. The number of aliphatic hydroxyl groups excluding tert-OH is 2. The first-order valence-corrected chi connectivity index (χ1v) is 36.1. The minimum atomic E-state index is -2.33. The Bertz CT molecular complexity index is 3650. The smallest absolute Gasteiger partial charge is 0.329 e. The monoisotopic (exact) mass is 1570 g/mol. The highest BCUT2D eigenvalue weighted by Crippen LogP contribution is 2.21. The van der Waals surface area contributed by atoms with Crippen LogP contribution >= 0.6 is 0 Å². The summed E-state index contributed by atoms with van der Waals surface area (Å²) in [6.07, 6.45) is -1.94. The van der Waals surface area contributed by atoms with Gasteiger partial charge >= 0.3 is 29.8 Å². The van der Waals surface area contributed by atoms with Crippen molar-refractivity contribution in [1.29, 1.82) is 0 Å². The predicted octanol–water partition coefficient (Wildman–Crippen LogP) is -6.21. The minimum Gasteiger partial charge on any atom is -0.481 e. The molecule has 0 radical (unpaired) electrons. The van der Waals surface area contributed by atoms with E-state index in [0.717, 1.165) is 39.5 Å². The molecule has 0 aliphatic carbocycles. The van der Waals surface area contributed by atoms with Gasteiger partial charge in [0.05, 0.1) is 58.4 Å². The number of nitrogens with one attached hydrogen (secondary N) is 14. The number of para-hydroxylation sites is 1. The van der Waals surface area contributed by atoms with Crippen molar-refractivity contribution < 1.29 is 126 Å². The molecule has 24 N–H and O–H groups in total. The highest BCUT2D eigenvalue weighted by atomic mass is 16.5. The van der Waals surface area contributed by atoms with E-state index in [0.29, 0.717) is 35.2 Å². The molecular formula is C69H104N16O26. The molecule has 3 rings (SSSR count). The number of amides is 14. The van der Waals surface area contributed by atoms with Gasteiger partial charge in [-0.1, -0.05) is 91.3 Å². The number of unbranched alkanes of at least 4 members (excludes halogenated alkanes) is 3. The Balaban J connectivity index is 2.21. The van der Waals surface area contributed by atoms with Gasteiger partial charge in [-0.25, -0.2) is 4.79 Å². The molecule has 2 heterocycles. The van der Waals surface area contributed by atoms with Crippen LogP contribution < -0.4 is 80.6 Å². The van der Waals surface area contributed by atoms with Gasteiger partial charge in [-0.3, -0.25) is 86.3 Å². The van der Waals surface area contributed by atoms with Gasteiger partial charge in [-0.2, -0.15) is 0 Å². The van der Waals surface area contributed by atoms with Crippen LogP contribution in [0, 0.1) is 17.8 Å². The van der Waals surface area contributed by atoms with Crippen molar-refractivity contribution in [3.05, 3.63) is 36.0 Å². The first-order valence-electron chi connectivity index (χ1n) is 36.1. The molecule has 15 atom stereocenters. The third kappa shape index (κ3) is 32.7. The minimum absolute atomic E-state index is 0.00263. The number of primary amides is 1. The summed E-state index contributed by atoms with van der Waals surface area (Å²) in [4.78, 5) is 261. The number of cyclic esters (lactones) is 1. The van der Waals surface area contributed by atoms with Crippen LogP contribution in [0.4, 0.5) is 0 Å². The van der Waals surface area contributed by atoms with Crippen LogP contribution in [0.25, 0.3) is 10.9 Å². The molecule has 1 fully saturated rings. The van der Waals surface area contributed by atoms with Gasteiger partial charge in [-0.05, 0) is 62.1 Å². The van der Waals surface area contributed by atoms with Crippen molar-refractivity contribution in [2.45, 2.75) is 217 Å². The third-order valence-corrected chi connectivity index (χ3v) is 18.0. The van der Waals surface area contributed by atoms with Gasteiger partial charge in [0, 0.05) is 29.9 Å². The maximum absolute atomic E-state index is 14.7.